The van der Waals surface area contributed by atoms with E-state index in [4.69, 9.17) is 0 Å². The molecule has 2 rings (SSSR count). The van der Waals surface area contributed by atoms with Crippen LogP contribution in [-0.4, -0.2) is 36.5 Å². The summed E-state index contributed by atoms with van der Waals surface area (Å²) in [7, 11) is 0. The highest BCUT2D eigenvalue weighted by molar-refractivity contribution is 7.99. The van der Waals surface area contributed by atoms with Gasteiger partial charge in [0.2, 0.25) is 5.91 Å². The Balaban J connectivity index is 1.67. The molecule has 4 heteroatoms. The van der Waals surface area contributed by atoms with E-state index < -0.39 is 0 Å². The Hall–Kier alpha value is -0.480. The van der Waals surface area contributed by atoms with E-state index in [2.05, 4.69) is 17.2 Å². The predicted octanol–water partition coefficient (Wildman–Crippen LogP) is 1.41. The molecule has 3 unspecified atom stereocenters. The van der Waals surface area contributed by atoms with Crippen LogP contribution in [0.5, 0.6) is 0 Å². The van der Waals surface area contributed by atoms with Crippen molar-refractivity contribution in [2.45, 2.75) is 25.3 Å². The standard InChI is InChI=1S/C13H22N2OS/c1-2-7-17-8-6-14-13(16)12-11-5-3-4-10(11)9-15-12/h2,10-12,15H,1,3-9H2,(H,14,16). The molecule has 0 bridgehead atoms. The fraction of sp³-hybridized carbons (Fsp3) is 0.769. The number of amides is 1. The number of hydrogen-bond acceptors (Lipinski definition) is 3. The third kappa shape index (κ3) is 3.26. The lowest BCUT2D eigenvalue weighted by Gasteiger charge is -2.17. The molecule has 1 aliphatic heterocycles. The third-order valence-corrected chi connectivity index (χ3v) is 4.77. The van der Waals surface area contributed by atoms with Crippen molar-refractivity contribution >= 4 is 17.7 Å². The maximum absolute atomic E-state index is 12.0. The second-order valence-electron chi connectivity index (χ2n) is 4.90. The highest BCUT2D eigenvalue weighted by Gasteiger charge is 2.42. The van der Waals surface area contributed by atoms with Crippen LogP contribution in [0.15, 0.2) is 12.7 Å². The van der Waals surface area contributed by atoms with E-state index in [9.17, 15) is 4.79 Å². The molecule has 2 aliphatic rings. The fourth-order valence-electron chi connectivity index (χ4n) is 3.00. The number of carbonyl (C=O) groups excluding carboxylic acids is 1. The topological polar surface area (TPSA) is 41.1 Å². The predicted molar refractivity (Wildman–Crippen MR) is 73.2 cm³/mol. The summed E-state index contributed by atoms with van der Waals surface area (Å²) in [5.74, 6) is 3.48. The van der Waals surface area contributed by atoms with Crippen LogP contribution < -0.4 is 10.6 Å². The molecule has 1 amide bonds. The zero-order valence-corrected chi connectivity index (χ0v) is 11.1. The van der Waals surface area contributed by atoms with Crippen molar-refractivity contribution in [3.8, 4) is 0 Å². The number of thioether (sulfide) groups is 1. The lowest BCUT2D eigenvalue weighted by molar-refractivity contribution is -0.123. The summed E-state index contributed by atoms with van der Waals surface area (Å²) in [6.45, 7) is 5.48. The Bertz CT molecular complexity index is 283. The molecule has 1 heterocycles. The summed E-state index contributed by atoms with van der Waals surface area (Å²) in [4.78, 5) is 12.0. The molecular weight excluding hydrogens is 232 g/mol. The van der Waals surface area contributed by atoms with Gasteiger partial charge in [-0.3, -0.25) is 4.79 Å². The first-order valence-corrected chi connectivity index (χ1v) is 7.68. The summed E-state index contributed by atoms with van der Waals surface area (Å²) in [5, 5.41) is 6.42. The van der Waals surface area contributed by atoms with Crippen LogP contribution in [0.3, 0.4) is 0 Å². The molecule has 3 nitrogen and oxygen atoms in total. The highest BCUT2D eigenvalue weighted by atomic mass is 32.2. The van der Waals surface area contributed by atoms with E-state index in [0.717, 1.165) is 30.5 Å². The second kappa shape index (κ2) is 6.45. The van der Waals surface area contributed by atoms with Crippen molar-refractivity contribution in [2.24, 2.45) is 11.8 Å². The van der Waals surface area contributed by atoms with Gasteiger partial charge in [-0.2, -0.15) is 11.8 Å². The fourth-order valence-corrected chi connectivity index (χ4v) is 3.58. The van der Waals surface area contributed by atoms with Gasteiger partial charge in [-0.05, 0) is 31.2 Å². The zero-order chi connectivity index (χ0) is 12.1. The van der Waals surface area contributed by atoms with Gasteiger partial charge in [0.15, 0.2) is 0 Å². The van der Waals surface area contributed by atoms with Crippen molar-refractivity contribution in [3.05, 3.63) is 12.7 Å². The van der Waals surface area contributed by atoms with E-state index in [0.29, 0.717) is 5.92 Å². The van der Waals surface area contributed by atoms with Crippen LogP contribution in [0.4, 0.5) is 0 Å². The minimum atomic E-state index is 0.0758. The van der Waals surface area contributed by atoms with Gasteiger partial charge in [0, 0.05) is 18.1 Å². The molecule has 1 aliphatic carbocycles. The van der Waals surface area contributed by atoms with E-state index >= 15 is 0 Å². The van der Waals surface area contributed by atoms with Crippen LogP contribution in [0.1, 0.15) is 19.3 Å². The quantitative estimate of drug-likeness (QED) is 0.556. The molecule has 0 aromatic rings. The Morgan fingerprint density at radius 1 is 1.53 bits per heavy atom. The lowest BCUT2D eigenvalue weighted by atomic mass is 9.94. The van der Waals surface area contributed by atoms with Gasteiger partial charge in [-0.15, -0.1) is 6.58 Å². The smallest absolute Gasteiger partial charge is 0.237 e. The monoisotopic (exact) mass is 254 g/mol. The number of nitrogens with one attached hydrogen (secondary N) is 2. The highest BCUT2D eigenvalue weighted by Crippen LogP contribution is 2.37. The number of hydrogen-bond donors (Lipinski definition) is 2. The average Bonchev–Trinajstić information content (AvgIpc) is 2.90. The summed E-state index contributed by atoms with van der Waals surface area (Å²) in [5.41, 5.74) is 0. The molecule has 2 fully saturated rings. The van der Waals surface area contributed by atoms with Gasteiger partial charge in [0.25, 0.3) is 0 Å². The lowest BCUT2D eigenvalue weighted by Crippen LogP contribution is -2.44. The van der Waals surface area contributed by atoms with Crippen molar-refractivity contribution in [1.82, 2.24) is 10.6 Å². The van der Waals surface area contributed by atoms with Gasteiger partial charge >= 0.3 is 0 Å². The normalized spacial score (nSPS) is 31.2. The molecule has 1 saturated heterocycles. The minimum absolute atomic E-state index is 0.0758. The SMILES string of the molecule is C=CCSCCNC(=O)C1NCC2CCCC21. The van der Waals surface area contributed by atoms with E-state index in [-0.39, 0.29) is 11.9 Å². The van der Waals surface area contributed by atoms with Gasteiger partial charge in [-0.1, -0.05) is 12.5 Å². The molecule has 0 radical (unpaired) electrons. The Morgan fingerprint density at radius 3 is 3.24 bits per heavy atom. The van der Waals surface area contributed by atoms with Gasteiger partial charge in [0.05, 0.1) is 6.04 Å². The Morgan fingerprint density at radius 2 is 2.41 bits per heavy atom. The van der Waals surface area contributed by atoms with Crippen LogP contribution in [0.2, 0.25) is 0 Å². The molecular formula is C13H22N2OS. The summed E-state index contributed by atoms with van der Waals surface area (Å²) in [6.07, 6.45) is 5.72. The first-order chi connectivity index (χ1) is 8.33. The molecule has 0 aromatic heterocycles. The third-order valence-electron chi connectivity index (χ3n) is 3.81. The van der Waals surface area contributed by atoms with Crippen LogP contribution in [0, 0.1) is 11.8 Å². The number of carbonyl (C=O) groups is 1. The minimum Gasteiger partial charge on any atom is -0.354 e. The summed E-state index contributed by atoms with van der Waals surface area (Å²) >= 11 is 1.80. The maximum atomic E-state index is 12.0. The van der Waals surface area contributed by atoms with Crippen molar-refractivity contribution in [2.75, 3.05) is 24.6 Å². The molecule has 2 N–H and O–H groups in total. The zero-order valence-electron chi connectivity index (χ0n) is 10.3. The first kappa shape index (κ1) is 13.0. The molecule has 0 spiro atoms. The number of fused-ring (bicyclic) bond motifs is 1. The van der Waals surface area contributed by atoms with Gasteiger partial charge in [-0.25, -0.2) is 0 Å². The van der Waals surface area contributed by atoms with E-state index in [1.165, 1.54) is 19.3 Å². The Kier molecular flexibility index (Phi) is 4.92. The van der Waals surface area contributed by atoms with Crippen LogP contribution >= 0.6 is 11.8 Å². The summed E-state index contributed by atoms with van der Waals surface area (Å²) < 4.78 is 0. The van der Waals surface area contributed by atoms with E-state index in [1.807, 2.05) is 6.08 Å². The van der Waals surface area contributed by atoms with Crippen LogP contribution in [0.25, 0.3) is 0 Å². The molecule has 17 heavy (non-hydrogen) atoms. The van der Waals surface area contributed by atoms with Crippen molar-refractivity contribution in [1.29, 1.82) is 0 Å². The Labute approximate surface area is 108 Å². The van der Waals surface area contributed by atoms with Crippen molar-refractivity contribution < 1.29 is 4.79 Å². The average molecular weight is 254 g/mol. The van der Waals surface area contributed by atoms with E-state index in [1.54, 1.807) is 11.8 Å². The van der Waals surface area contributed by atoms with Gasteiger partial charge < -0.3 is 10.6 Å². The van der Waals surface area contributed by atoms with Crippen molar-refractivity contribution in [3.63, 3.8) is 0 Å². The first-order valence-electron chi connectivity index (χ1n) is 6.52. The van der Waals surface area contributed by atoms with Gasteiger partial charge in [0.1, 0.15) is 0 Å². The molecule has 3 atom stereocenters. The summed E-state index contributed by atoms with van der Waals surface area (Å²) in [6, 6.07) is 0.0758. The molecule has 0 aromatic carbocycles. The molecule has 96 valence electrons. The largest absolute Gasteiger partial charge is 0.354 e. The maximum Gasteiger partial charge on any atom is 0.237 e. The van der Waals surface area contributed by atoms with Crippen LogP contribution in [-0.2, 0) is 4.79 Å². The molecule has 1 saturated carbocycles. The second-order valence-corrected chi connectivity index (χ2v) is 6.05. The number of rotatable bonds is 6.